The number of fused-ring (bicyclic) bond motifs is 1. The van der Waals surface area contributed by atoms with E-state index in [4.69, 9.17) is 15.2 Å². The summed E-state index contributed by atoms with van der Waals surface area (Å²) in [6, 6.07) is 13.0. The number of ether oxygens (including phenoxy) is 2. The molecule has 1 fully saturated rings. The fourth-order valence-corrected chi connectivity index (χ4v) is 2.95. The van der Waals surface area contributed by atoms with Gasteiger partial charge in [0.25, 0.3) is 0 Å². The first-order chi connectivity index (χ1) is 10.6. The monoisotopic (exact) mass is 296 g/mol. The highest BCUT2D eigenvalue weighted by Gasteiger charge is 2.46. The highest BCUT2D eigenvalue weighted by molar-refractivity contribution is 6.05. The maximum absolute atomic E-state index is 12.2. The normalized spacial score (nSPS) is 22.6. The number of carbonyl (C=O) groups is 1. The molecule has 2 N–H and O–H groups in total. The number of benzene rings is 2. The molecule has 1 saturated heterocycles. The maximum atomic E-state index is 12.2. The van der Waals surface area contributed by atoms with Gasteiger partial charge in [-0.1, -0.05) is 29.8 Å². The Kier molecular flexibility index (Phi) is 2.84. The lowest BCUT2D eigenvalue weighted by atomic mass is 9.88. The Balaban J connectivity index is 1.70. The third kappa shape index (κ3) is 1.86. The Morgan fingerprint density at radius 1 is 1.09 bits per heavy atom. The zero-order valence-electron chi connectivity index (χ0n) is 12.2. The summed E-state index contributed by atoms with van der Waals surface area (Å²) in [5.74, 6) is 1.28. The molecule has 5 heteroatoms. The highest BCUT2D eigenvalue weighted by Crippen LogP contribution is 2.42. The van der Waals surface area contributed by atoms with Crippen molar-refractivity contribution in [2.24, 2.45) is 5.73 Å². The molecule has 1 amide bonds. The van der Waals surface area contributed by atoms with E-state index in [2.05, 4.69) is 0 Å². The molecule has 2 heterocycles. The van der Waals surface area contributed by atoms with Crippen molar-refractivity contribution in [2.75, 3.05) is 11.7 Å². The summed E-state index contributed by atoms with van der Waals surface area (Å²) in [4.78, 5) is 14.0. The van der Waals surface area contributed by atoms with Crippen LogP contribution < -0.4 is 20.1 Å². The molecule has 2 aliphatic heterocycles. The van der Waals surface area contributed by atoms with E-state index in [0.717, 1.165) is 11.3 Å². The van der Waals surface area contributed by atoms with Crippen molar-refractivity contribution >= 4 is 11.6 Å². The summed E-state index contributed by atoms with van der Waals surface area (Å²) in [6.45, 7) is 2.25. The van der Waals surface area contributed by atoms with Gasteiger partial charge in [-0.2, -0.15) is 0 Å². The third-order valence-electron chi connectivity index (χ3n) is 4.19. The number of β-lactam (4-membered cyclic amide) rings is 1. The first kappa shape index (κ1) is 13.2. The number of hydrogen-bond donors (Lipinski definition) is 1. The summed E-state index contributed by atoms with van der Waals surface area (Å²) < 4.78 is 10.7. The minimum absolute atomic E-state index is 0.0792. The summed E-state index contributed by atoms with van der Waals surface area (Å²) in [6.07, 6.45) is 0. The molecule has 0 aromatic heterocycles. The molecule has 5 nitrogen and oxygen atoms in total. The molecule has 0 bridgehead atoms. The number of nitrogens with zero attached hydrogens (tertiary/aromatic N) is 1. The van der Waals surface area contributed by atoms with Crippen LogP contribution in [0.4, 0.5) is 5.69 Å². The van der Waals surface area contributed by atoms with Gasteiger partial charge in [-0.05, 0) is 24.6 Å². The average Bonchev–Trinajstić information content (AvgIpc) is 3.00. The fraction of sp³-hybridized carbons (Fsp3) is 0.235. The van der Waals surface area contributed by atoms with Crippen LogP contribution in [-0.4, -0.2) is 18.7 Å². The van der Waals surface area contributed by atoms with Gasteiger partial charge in [0.15, 0.2) is 11.5 Å². The van der Waals surface area contributed by atoms with Gasteiger partial charge in [-0.25, -0.2) is 0 Å². The van der Waals surface area contributed by atoms with Gasteiger partial charge < -0.3 is 20.1 Å². The molecule has 2 aromatic carbocycles. The topological polar surface area (TPSA) is 64.8 Å². The van der Waals surface area contributed by atoms with Crippen molar-refractivity contribution < 1.29 is 14.3 Å². The number of anilines is 1. The van der Waals surface area contributed by atoms with Gasteiger partial charge in [-0.3, -0.25) is 4.79 Å². The average molecular weight is 296 g/mol. The SMILES string of the molecule is Cc1ccc([C@@H]2[C@H](N)C(=O)N2c2ccc3c(c2)OCO3)cc1. The Hall–Kier alpha value is -2.53. The van der Waals surface area contributed by atoms with Gasteiger partial charge in [0, 0.05) is 11.8 Å². The molecule has 4 rings (SSSR count). The minimum Gasteiger partial charge on any atom is -0.454 e. The van der Waals surface area contributed by atoms with Gasteiger partial charge in [0.05, 0.1) is 6.04 Å². The van der Waals surface area contributed by atoms with Crippen LogP contribution in [0.1, 0.15) is 17.2 Å². The molecule has 112 valence electrons. The van der Waals surface area contributed by atoms with Crippen molar-refractivity contribution in [3.63, 3.8) is 0 Å². The fourth-order valence-electron chi connectivity index (χ4n) is 2.95. The molecular formula is C17H16N2O3. The van der Waals surface area contributed by atoms with Crippen molar-refractivity contribution in [3.05, 3.63) is 53.6 Å². The van der Waals surface area contributed by atoms with Crippen molar-refractivity contribution in [2.45, 2.75) is 19.0 Å². The molecule has 2 aromatic rings. The molecule has 2 atom stereocenters. The summed E-state index contributed by atoms with van der Waals surface area (Å²) in [7, 11) is 0. The number of amides is 1. The molecule has 0 saturated carbocycles. The Bertz CT molecular complexity index is 742. The Labute approximate surface area is 128 Å². The lowest BCUT2D eigenvalue weighted by Gasteiger charge is -2.45. The maximum Gasteiger partial charge on any atom is 0.247 e. The number of carbonyl (C=O) groups excluding carboxylic acids is 1. The Morgan fingerprint density at radius 2 is 1.82 bits per heavy atom. The number of hydrogen-bond acceptors (Lipinski definition) is 4. The van der Waals surface area contributed by atoms with E-state index in [1.165, 1.54) is 5.56 Å². The third-order valence-corrected chi connectivity index (χ3v) is 4.19. The van der Waals surface area contributed by atoms with Crippen LogP contribution in [0.25, 0.3) is 0 Å². The van der Waals surface area contributed by atoms with Crippen LogP contribution in [-0.2, 0) is 4.79 Å². The summed E-state index contributed by atoms with van der Waals surface area (Å²) in [5.41, 5.74) is 9.02. The van der Waals surface area contributed by atoms with Crippen LogP contribution in [0.3, 0.4) is 0 Å². The lowest BCUT2D eigenvalue weighted by molar-refractivity contribution is -0.126. The second-order valence-corrected chi connectivity index (χ2v) is 5.63. The molecule has 2 aliphatic rings. The first-order valence-corrected chi connectivity index (χ1v) is 7.20. The number of aryl methyl sites for hydroxylation is 1. The molecule has 0 unspecified atom stereocenters. The van der Waals surface area contributed by atoms with E-state index in [1.807, 2.05) is 49.4 Å². The predicted octanol–water partition coefficient (Wildman–Crippen LogP) is 2.14. The van der Waals surface area contributed by atoms with Crippen LogP contribution in [0.15, 0.2) is 42.5 Å². The summed E-state index contributed by atoms with van der Waals surface area (Å²) in [5, 5.41) is 0. The zero-order valence-corrected chi connectivity index (χ0v) is 12.2. The van der Waals surface area contributed by atoms with Gasteiger partial charge in [0.2, 0.25) is 12.7 Å². The van der Waals surface area contributed by atoms with Crippen LogP contribution >= 0.6 is 0 Å². The Morgan fingerprint density at radius 3 is 2.59 bits per heavy atom. The van der Waals surface area contributed by atoms with Gasteiger partial charge >= 0.3 is 0 Å². The van der Waals surface area contributed by atoms with Crippen molar-refractivity contribution in [1.29, 1.82) is 0 Å². The van der Waals surface area contributed by atoms with E-state index in [0.29, 0.717) is 11.5 Å². The van der Waals surface area contributed by atoms with E-state index in [-0.39, 0.29) is 18.7 Å². The van der Waals surface area contributed by atoms with Crippen LogP contribution in [0, 0.1) is 6.92 Å². The molecule has 0 aliphatic carbocycles. The van der Waals surface area contributed by atoms with Crippen molar-refractivity contribution in [3.8, 4) is 11.5 Å². The predicted molar refractivity (Wildman–Crippen MR) is 81.9 cm³/mol. The highest BCUT2D eigenvalue weighted by atomic mass is 16.7. The van der Waals surface area contributed by atoms with Gasteiger partial charge in [0.1, 0.15) is 6.04 Å². The first-order valence-electron chi connectivity index (χ1n) is 7.20. The standard InChI is InChI=1S/C17H16N2O3/c1-10-2-4-11(5-3-10)16-15(18)17(20)19(16)12-6-7-13-14(8-12)22-9-21-13/h2-8,15-16H,9,18H2,1H3/t15-,16+/m0/s1. The van der Waals surface area contributed by atoms with E-state index in [1.54, 1.807) is 4.90 Å². The number of rotatable bonds is 2. The van der Waals surface area contributed by atoms with E-state index < -0.39 is 6.04 Å². The number of nitrogens with two attached hydrogens (primary N) is 1. The smallest absolute Gasteiger partial charge is 0.247 e. The molecule has 22 heavy (non-hydrogen) atoms. The largest absolute Gasteiger partial charge is 0.454 e. The summed E-state index contributed by atoms with van der Waals surface area (Å²) >= 11 is 0. The van der Waals surface area contributed by atoms with Crippen molar-refractivity contribution in [1.82, 2.24) is 0 Å². The molecular weight excluding hydrogens is 280 g/mol. The molecule has 0 spiro atoms. The zero-order chi connectivity index (χ0) is 15.3. The van der Waals surface area contributed by atoms with Crippen LogP contribution in [0.5, 0.6) is 11.5 Å². The quantitative estimate of drug-likeness (QED) is 0.862. The van der Waals surface area contributed by atoms with E-state index >= 15 is 0 Å². The van der Waals surface area contributed by atoms with Crippen LogP contribution in [0.2, 0.25) is 0 Å². The van der Waals surface area contributed by atoms with E-state index in [9.17, 15) is 4.79 Å². The molecule has 0 radical (unpaired) electrons. The second-order valence-electron chi connectivity index (χ2n) is 5.63. The lowest BCUT2D eigenvalue weighted by Crippen LogP contribution is -2.63. The minimum atomic E-state index is -0.506. The van der Waals surface area contributed by atoms with Gasteiger partial charge in [-0.15, -0.1) is 0 Å². The second kappa shape index (κ2) is 4.74.